The summed E-state index contributed by atoms with van der Waals surface area (Å²) in [6, 6.07) is 21.2. The topological polar surface area (TPSA) is 94.5 Å². The Hall–Kier alpha value is -3.88. The standard InChI is InChI=1S/C36H43NO7/c1-36(2)42-25-29-23-28(18-19-32(29)44-36)33-24-37(35(40)43-33)20-8-3-4-9-21-41-22-10-7-11-26-14-16-27(17-15-26)30-12-5-6-13-31(30)34(38)39/h5-6,12-19,23,33H,3-4,7-11,20-22,24-25H2,1-2H3,(H,38,39)/t33-/m0/s1. The van der Waals surface area contributed by atoms with Gasteiger partial charge in [-0.15, -0.1) is 0 Å². The van der Waals surface area contributed by atoms with Crippen molar-refractivity contribution in [2.75, 3.05) is 26.3 Å². The van der Waals surface area contributed by atoms with Crippen molar-refractivity contribution >= 4 is 12.1 Å². The Balaban J connectivity index is 0.904. The number of carboxylic acids is 1. The Morgan fingerprint density at radius 2 is 1.70 bits per heavy atom. The number of carboxylic acid groups (broad SMARTS) is 1. The molecule has 2 aliphatic heterocycles. The summed E-state index contributed by atoms with van der Waals surface area (Å²) in [5.74, 6) is -0.722. The molecule has 234 valence electrons. The first kappa shape index (κ1) is 31.5. The van der Waals surface area contributed by atoms with Gasteiger partial charge in [-0.1, -0.05) is 61.4 Å². The Morgan fingerprint density at radius 3 is 2.50 bits per heavy atom. The van der Waals surface area contributed by atoms with Gasteiger partial charge in [0.1, 0.15) is 11.9 Å². The van der Waals surface area contributed by atoms with E-state index in [1.807, 2.05) is 56.3 Å². The molecular weight excluding hydrogens is 558 g/mol. The molecule has 8 heteroatoms. The maximum Gasteiger partial charge on any atom is 0.410 e. The fraction of sp³-hybridized carbons (Fsp3) is 0.444. The van der Waals surface area contributed by atoms with Crippen LogP contribution in [0.1, 0.15) is 85.5 Å². The SMILES string of the molecule is CC1(C)OCc2cc([C@@H]3CN(CCCCCCOCCCCc4ccc(-c5ccccc5C(=O)O)cc4)C(=O)O3)ccc2O1. The van der Waals surface area contributed by atoms with E-state index in [4.69, 9.17) is 18.9 Å². The van der Waals surface area contributed by atoms with Gasteiger partial charge < -0.3 is 29.0 Å². The fourth-order valence-corrected chi connectivity index (χ4v) is 5.69. The molecule has 2 heterocycles. The van der Waals surface area contributed by atoms with E-state index in [-0.39, 0.29) is 12.2 Å². The summed E-state index contributed by atoms with van der Waals surface area (Å²) in [6.07, 6.45) is 6.59. The Labute approximate surface area is 259 Å². The van der Waals surface area contributed by atoms with Gasteiger partial charge in [-0.05, 0) is 72.6 Å². The average molecular weight is 602 g/mol. The predicted molar refractivity (Wildman–Crippen MR) is 168 cm³/mol. The van der Waals surface area contributed by atoms with E-state index in [0.29, 0.717) is 25.3 Å². The van der Waals surface area contributed by atoms with Crippen molar-refractivity contribution in [2.24, 2.45) is 0 Å². The number of nitrogens with zero attached hydrogens (tertiary/aromatic N) is 1. The summed E-state index contributed by atoms with van der Waals surface area (Å²) in [6.45, 7) is 7.05. The number of hydrogen-bond acceptors (Lipinski definition) is 6. The molecule has 5 rings (SSSR count). The number of fused-ring (bicyclic) bond motifs is 1. The third kappa shape index (κ3) is 8.39. The second kappa shape index (κ2) is 14.7. The van der Waals surface area contributed by atoms with Crippen molar-refractivity contribution in [3.05, 3.63) is 89.0 Å². The maximum absolute atomic E-state index is 12.4. The second-order valence-electron chi connectivity index (χ2n) is 12.0. The molecular formula is C36H43NO7. The molecule has 0 unspecified atom stereocenters. The molecule has 8 nitrogen and oxygen atoms in total. The van der Waals surface area contributed by atoms with Gasteiger partial charge in [-0.3, -0.25) is 0 Å². The number of ether oxygens (including phenoxy) is 4. The molecule has 3 aromatic rings. The molecule has 0 spiro atoms. The number of cyclic esters (lactones) is 1. The first-order chi connectivity index (χ1) is 21.3. The zero-order valence-electron chi connectivity index (χ0n) is 25.8. The zero-order chi connectivity index (χ0) is 30.9. The van der Waals surface area contributed by atoms with Crippen molar-refractivity contribution < 1.29 is 33.6 Å². The maximum atomic E-state index is 12.4. The molecule has 0 radical (unpaired) electrons. The summed E-state index contributed by atoms with van der Waals surface area (Å²) in [7, 11) is 0. The second-order valence-corrected chi connectivity index (χ2v) is 12.0. The lowest BCUT2D eigenvalue weighted by molar-refractivity contribution is -0.180. The predicted octanol–water partition coefficient (Wildman–Crippen LogP) is 7.79. The number of aryl methyl sites for hydroxylation is 1. The van der Waals surface area contributed by atoms with Gasteiger partial charge >= 0.3 is 12.1 Å². The Morgan fingerprint density at radius 1 is 0.955 bits per heavy atom. The van der Waals surface area contributed by atoms with Crippen LogP contribution in [0.4, 0.5) is 4.79 Å². The fourth-order valence-electron chi connectivity index (χ4n) is 5.69. The third-order valence-corrected chi connectivity index (χ3v) is 8.17. The quantitative estimate of drug-likeness (QED) is 0.178. The molecule has 3 aromatic carbocycles. The van der Waals surface area contributed by atoms with Gasteiger partial charge in [-0.25, -0.2) is 9.59 Å². The van der Waals surface area contributed by atoms with Crippen LogP contribution in [-0.2, 0) is 27.2 Å². The molecule has 0 saturated carbocycles. The van der Waals surface area contributed by atoms with Crippen molar-refractivity contribution in [3.63, 3.8) is 0 Å². The smallest absolute Gasteiger partial charge is 0.410 e. The molecule has 44 heavy (non-hydrogen) atoms. The number of benzene rings is 3. The van der Waals surface area contributed by atoms with Crippen molar-refractivity contribution in [2.45, 2.75) is 77.3 Å². The molecule has 1 saturated heterocycles. The zero-order valence-corrected chi connectivity index (χ0v) is 25.8. The number of rotatable bonds is 15. The van der Waals surface area contributed by atoms with Crippen LogP contribution < -0.4 is 4.74 Å². The summed E-state index contributed by atoms with van der Waals surface area (Å²) in [5.41, 5.74) is 5.17. The van der Waals surface area contributed by atoms with Crippen molar-refractivity contribution in [1.82, 2.24) is 4.90 Å². The number of unbranched alkanes of at least 4 members (excludes halogenated alkanes) is 4. The van der Waals surface area contributed by atoms with Gasteiger partial charge in [0.2, 0.25) is 5.79 Å². The minimum Gasteiger partial charge on any atom is -0.478 e. The van der Waals surface area contributed by atoms with E-state index in [9.17, 15) is 14.7 Å². The van der Waals surface area contributed by atoms with E-state index in [1.54, 1.807) is 17.0 Å². The highest BCUT2D eigenvalue weighted by Crippen LogP contribution is 2.35. The Kier molecular flexibility index (Phi) is 10.6. The number of aromatic carboxylic acids is 1. The normalized spacial score (nSPS) is 17.2. The molecule has 1 fully saturated rings. The summed E-state index contributed by atoms with van der Waals surface area (Å²) >= 11 is 0. The molecule has 0 aliphatic carbocycles. The first-order valence-electron chi connectivity index (χ1n) is 15.7. The number of amides is 1. The van der Waals surface area contributed by atoms with Crippen molar-refractivity contribution in [3.8, 4) is 16.9 Å². The third-order valence-electron chi connectivity index (χ3n) is 8.17. The van der Waals surface area contributed by atoms with E-state index in [2.05, 4.69) is 12.1 Å². The van der Waals surface area contributed by atoms with E-state index >= 15 is 0 Å². The highest BCUT2D eigenvalue weighted by atomic mass is 16.7. The van der Waals surface area contributed by atoms with Crippen LogP contribution in [0.25, 0.3) is 11.1 Å². The van der Waals surface area contributed by atoms with Crippen LogP contribution in [0.5, 0.6) is 5.75 Å². The van der Waals surface area contributed by atoms with Crippen LogP contribution in [0.2, 0.25) is 0 Å². The molecule has 1 amide bonds. The lowest BCUT2D eigenvalue weighted by Gasteiger charge is -2.32. The summed E-state index contributed by atoms with van der Waals surface area (Å²) in [4.78, 5) is 25.7. The van der Waals surface area contributed by atoms with E-state index < -0.39 is 11.8 Å². The van der Waals surface area contributed by atoms with Gasteiger partial charge in [0.15, 0.2) is 0 Å². The van der Waals surface area contributed by atoms with Crippen LogP contribution in [0, 0.1) is 0 Å². The van der Waals surface area contributed by atoms with E-state index in [0.717, 1.165) is 86.2 Å². The minimum atomic E-state index is -0.911. The van der Waals surface area contributed by atoms with Gasteiger partial charge in [0.05, 0.1) is 18.7 Å². The molecule has 1 atom stereocenters. The lowest BCUT2D eigenvalue weighted by Crippen LogP contribution is -2.35. The van der Waals surface area contributed by atoms with Crippen molar-refractivity contribution in [1.29, 1.82) is 0 Å². The van der Waals surface area contributed by atoms with Crippen LogP contribution in [0.3, 0.4) is 0 Å². The highest BCUT2D eigenvalue weighted by molar-refractivity contribution is 5.96. The van der Waals surface area contributed by atoms with Gasteiger partial charge in [0, 0.05) is 39.2 Å². The van der Waals surface area contributed by atoms with Crippen LogP contribution in [-0.4, -0.2) is 54.2 Å². The molecule has 0 bridgehead atoms. The number of carbonyl (C=O) groups excluding carboxylic acids is 1. The first-order valence-corrected chi connectivity index (χ1v) is 15.7. The molecule has 1 N–H and O–H groups in total. The van der Waals surface area contributed by atoms with Crippen LogP contribution >= 0.6 is 0 Å². The highest BCUT2D eigenvalue weighted by Gasteiger charge is 2.33. The van der Waals surface area contributed by atoms with E-state index in [1.165, 1.54) is 5.56 Å². The summed E-state index contributed by atoms with van der Waals surface area (Å²) < 4.78 is 23.1. The largest absolute Gasteiger partial charge is 0.478 e. The van der Waals surface area contributed by atoms with Crippen LogP contribution in [0.15, 0.2) is 66.7 Å². The minimum absolute atomic E-state index is 0.246. The molecule has 0 aromatic heterocycles. The molecule has 2 aliphatic rings. The number of carbonyl (C=O) groups is 2. The van der Waals surface area contributed by atoms with Gasteiger partial charge in [-0.2, -0.15) is 0 Å². The summed E-state index contributed by atoms with van der Waals surface area (Å²) in [5, 5.41) is 9.43. The van der Waals surface area contributed by atoms with Gasteiger partial charge in [0.25, 0.3) is 0 Å². The Bertz CT molecular complexity index is 1420. The lowest BCUT2D eigenvalue weighted by atomic mass is 9.98. The monoisotopic (exact) mass is 601 g/mol. The average Bonchev–Trinajstić information content (AvgIpc) is 3.39. The number of hydrogen-bond donors (Lipinski definition) is 1.